The van der Waals surface area contributed by atoms with Crippen molar-refractivity contribution in [2.75, 3.05) is 18.0 Å². The Kier molecular flexibility index (Phi) is 4.41. The minimum atomic E-state index is 0.0544. The molecule has 25 heavy (non-hydrogen) atoms. The second kappa shape index (κ2) is 6.85. The van der Waals surface area contributed by atoms with Gasteiger partial charge >= 0.3 is 0 Å². The van der Waals surface area contributed by atoms with E-state index >= 15 is 0 Å². The molecule has 4 heteroatoms. The average Bonchev–Trinajstić information content (AvgIpc) is 2.70. The van der Waals surface area contributed by atoms with E-state index in [4.69, 9.17) is 11.6 Å². The first-order valence-corrected chi connectivity index (χ1v) is 9.01. The molecule has 0 aliphatic carbocycles. The van der Waals surface area contributed by atoms with Crippen LogP contribution in [0.3, 0.4) is 0 Å². The van der Waals surface area contributed by atoms with Crippen LogP contribution in [0.25, 0.3) is 0 Å². The molecular formula is C21H20ClN3. The largest absolute Gasteiger partial charge is 0.355 e. The zero-order chi connectivity index (χ0) is 17.1. The van der Waals surface area contributed by atoms with Crippen molar-refractivity contribution >= 4 is 17.4 Å². The summed E-state index contributed by atoms with van der Waals surface area (Å²) in [5.74, 6) is 0.902. The lowest BCUT2D eigenvalue weighted by Crippen LogP contribution is -2.43. The van der Waals surface area contributed by atoms with Crippen LogP contribution in [-0.4, -0.2) is 23.3 Å². The molecule has 0 N–H and O–H groups in total. The number of piperidine rings is 1. The predicted molar refractivity (Wildman–Crippen MR) is 102 cm³/mol. The number of hydrogen-bond acceptors (Lipinski definition) is 3. The van der Waals surface area contributed by atoms with E-state index in [0.717, 1.165) is 31.7 Å². The maximum atomic E-state index is 5.86. The summed E-state index contributed by atoms with van der Waals surface area (Å²) in [6, 6.07) is 25.5. The molecule has 1 saturated heterocycles. The molecule has 2 heterocycles. The quantitative estimate of drug-likeness (QED) is 0.685. The molecule has 3 nitrogen and oxygen atoms in total. The number of hydrogen-bond donors (Lipinski definition) is 0. The van der Waals surface area contributed by atoms with E-state index in [1.54, 1.807) is 6.07 Å². The second-order valence-corrected chi connectivity index (χ2v) is 6.90. The lowest BCUT2D eigenvalue weighted by Gasteiger charge is -2.43. The van der Waals surface area contributed by atoms with Crippen LogP contribution < -0.4 is 4.90 Å². The molecule has 2 aromatic carbocycles. The first-order valence-electron chi connectivity index (χ1n) is 8.63. The minimum absolute atomic E-state index is 0.0544. The highest BCUT2D eigenvalue weighted by Crippen LogP contribution is 2.42. The zero-order valence-corrected chi connectivity index (χ0v) is 14.7. The number of benzene rings is 2. The highest BCUT2D eigenvalue weighted by molar-refractivity contribution is 6.29. The van der Waals surface area contributed by atoms with Crippen molar-refractivity contribution in [2.45, 2.75) is 18.3 Å². The van der Waals surface area contributed by atoms with E-state index < -0.39 is 0 Å². The second-order valence-electron chi connectivity index (χ2n) is 6.52. The normalized spacial score (nSPS) is 16.6. The summed E-state index contributed by atoms with van der Waals surface area (Å²) in [6.45, 7) is 1.89. The maximum absolute atomic E-state index is 5.86. The van der Waals surface area contributed by atoms with Gasteiger partial charge < -0.3 is 4.90 Å². The predicted octanol–water partition coefficient (Wildman–Crippen LogP) is 4.72. The molecule has 0 unspecified atom stereocenters. The van der Waals surface area contributed by atoms with Crippen LogP contribution in [0.4, 0.5) is 5.82 Å². The van der Waals surface area contributed by atoms with Gasteiger partial charge in [0.05, 0.1) is 0 Å². The number of rotatable bonds is 3. The molecule has 0 amide bonds. The summed E-state index contributed by atoms with van der Waals surface area (Å²) in [6.07, 6.45) is 2.09. The molecule has 0 saturated carbocycles. The Morgan fingerprint density at radius 2 is 1.28 bits per heavy atom. The topological polar surface area (TPSA) is 29.0 Å². The molecule has 3 aromatic rings. The Morgan fingerprint density at radius 1 is 0.720 bits per heavy atom. The number of halogens is 1. The molecule has 0 radical (unpaired) electrons. The smallest absolute Gasteiger partial charge is 0.151 e. The van der Waals surface area contributed by atoms with Gasteiger partial charge in [-0.2, -0.15) is 0 Å². The van der Waals surface area contributed by atoms with E-state index in [1.807, 2.05) is 6.07 Å². The van der Waals surface area contributed by atoms with E-state index in [0.29, 0.717) is 5.15 Å². The van der Waals surface area contributed by atoms with Gasteiger partial charge in [0.15, 0.2) is 11.0 Å². The highest BCUT2D eigenvalue weighted by Gasteiger charge is 2.38. The summed E-state index contributed by atoms with van der Waals surface area (Å²) < 4.78 is 0. The van der Waals surface area contributed by atoms with Crippen LogP contribution in [0.1, 0.15) is 24.0 Å². The monoisotopic (exact) mass is 349 g/mol. The Bertz CT molecular complexity index is 769. The van der Waals surface area contributed by atoms with Crippen LogP contribution in [0.2, 0.25) is 5.15 Å². The maximum Gasteiger partial charge on any atom is 0.151 e. The summed E-state index contributed by atoms with van der Waals surface area (Å²) in [5.41, 5.74) is 2.84. The molecule has 126 valence electrons. The molecule has 1 aliphatic heterocycles. The van der Waals surface area contributed by atoms with Crippen LogP contribution in [0.15, 0.2) is 72.8 Å². The van der Waals surface area contributed by atoms with Gasteiger partial charge in [0, 0.05) is 18.5 Å². The molecule has 1 fully saturated rings. The molecule has 4 rings (SSSR count). The van der Waals surface area contributed by atoms with Gasteiger partial charge in [0.1, 0.15) is 0 Å². The lowest BCUT2D eigenvalue weighted by molar-refractivity contribution is 0.390. The fourth-order valence-electron chi connectivity index (χ4n) is 3.85. The zero-order valence-electron chi connectivity index (χ0n) is 14.0. The van der Waals surface area contributed by atoms with Crippen LogP contribution in [0, 0.1) is 0 Å². The van der Waals surface area contributed by atoms with Gasteiger partial charge in [-0.05, 0) is 36.1 Å². The molecule has 0 spiro atoms. The van der Waals surface area contributed by atoms with E-state index in [-0.39, 0.29) is 5.41 Å². The third kappa shape index (κ3) is 3.12. The Balaban J connectivity index is 1.65. The van der Waals surface area contributed by atoms with Crippen molar-refractivity contribution in [1.29, 1.82) is 0 Å². The lowest BCUT2D eigenvalue weighted by atomic mass is 9.68. The number of anilines is 1. The van der Waals surface area contributed by atoms with Gasteiger partial charge in [-0.15, -0.1) is 10.2 Å². The minimum Gasteiger partial charge on any atom is -0.355 e. The fraction of sp³-hybridized carbons (Fsp3) is 0.238. The summed E-state index contributed by atoms with van der Waals surface area (Å²) in [7, 11) is 0. The number of aromatic nitrogens is 2. The molecule has 0 atom stereocenters. The Morgan fingerprint density at radius 3 is 1.76 bits per heavy atom. The van der Waals surface area contributed by atoms with Gasteiger partial charge in [-0.1, -0.05) is 72.3 Å². The Hall–Kier alpha value is -2.39. The van der Waals surface area contributed by atoms with Crippen molar-refractivity contribution in [3.05, 3.63) is 89.1 Å². The Labute approximate surface area is 153 Å². The average molecular weight is 350 g/mol. The van der Waals surface area contributed by atoms with Crippen LogP contribution >= 0.6 is 11.6 Å². The first kappa shape index (κ1) is 16.1. The molecule has 1 aromatic heterocycles. The first-order chi connectivity index (χ1) is 12.3. The van der Waals surface area contributed by atoms with Gasteiger partial charge in [-0.3, -0.25) is 0 Å². The van der Waals surface area contributed by atoms with Crippen LogP contribution in [0.5, 0.6) is 0 Å². The van der Waals surface area contributed by atoms with Crippen molar-refractivity contribution < 1.29 is 0 Å². The summed E-state index contributed by atoms with van der Waals surface area (Å²) in [5, 5.41) is 8.65. The molecule has 0 bridgehead atoms. The number of nitrogens with zero attached hydrogens (tertiary/aromatic N) is 3. The molecule has 1 aliphatic rings. The van der Waals surface area contributed by atoms with Crippen molar-refractivity contribution in [1.82, 2.24) is 10.2 Å². The SMILES string of the molecule is Clc1ccc(N2CCC(c3ccccc3)(c3ccccc3)CC2)nn1. The third-order valence-electron chi connectivity index (χ3n) is 5.21. The van der Waals surface area contributed by atoms with Crippen molar-refractivity contribution in [3.8, 4) is 0 Å². The van der Waals surface area contributed by atoms with Crippen LogP contribution in [-0.2, 0) is 5.41 Å². The van der Waals surface area contributed by atoms with E-state index in [2.05, 4.69) is 75.8 Å². The summed E-state index contributed by atoms with van der Waals surface area (Å²) >= 11 is 5.86. The van der Waals surface area contributed by atoms with Crippen molar-refractivity contribution in [3.63, 3.8) is 0 Å². The highest BCUT2D eigenvalue weighted by atomic mass is 35.5. The van der Waals surface area contributed by atoms with E-state index in [9.17, 15) is 0 Å². The standard InChI is InChI=1S/C21H20ClN3/c22-19-11-12-20(24-23-19)25-15-13-21(14-16-25,17-7-3-1-4-8-17)18-9-5-2-6-10-18/h1-12H,13-16H2. The van der Waals surface area contributed by atoms with Gasteiger partial charge in [0.25, 0.3) is 0 Å². The summed E-state index contributed by atoms with van der Waals surface area (Å²) in [4.78, 5) is 2.30. The van der Waals surface area contributed by atoms with Gasteiger partial charge in [0.2, 0.25) is 0 Å². The fourth-order valence-corrected chi connectivity index (χ4v) is 3.95. The van der Waals surface area contributed by atoms with Crippen molar-refractivity contribution in [2.24, 2.45) is 0 Å². The van der Waals surface area contributed by atoms with Gasteiger partial charge in [-0.25, -0.2) is 0 Å². The van der Waals surface area contributed by atoms with E-state index in [1.165, 1.54) is 11.1 Å². The third-order valence-corrected chi connectivity index (χ3v) is 5.41. The molecular weight excluding hydrogens is 330 g/mol.